The average molecular weight is 387 g/mol. The van der Waals surface area contributed by atoms with E-state index in [4.69, 9.17) is 16.6 Å². The number of aromatic nitrogens is 4. The van der Waals surface area contributed by atoms with Crippen molar-refractivity contribution in [1.82, 2.24) is 18.9 Å². The summed E-state index contributed by atoms with van der Waals surface area (Å²) in [6.45, 7) is 0.576. The van der Waals surface area contributed by atoms with Crippen LogP contribution in [0.2, 0.25) is 5.02 Å². The molecule has 0 saturated carbocycles. The van der Waals surface area contributed by atoms with Crippen LogP contribution in [0.3, 0.4) is 0 Å². The fourth-order valence-electron chi connectivity index (χ4n) is 3.44. The first-order valence-corrected chi connectivity index (χ1v) is 9.25. The minimum absolute atomic E-state index is 0.128. The summed E-state index contributed by atoms with van der Waals surface area (Å²) in [5, 5.41) is 0.692. The van der Waals surface area contributed by atoms with E-state index < -0.39 is 0 Å². The normalized spacial score (nSPS) is 11.3. The first kappa shape index (κ1) is 16.7. The molecule has 0 bridgehead atoms. The van der Waals surface area contributed by atoms with Crippen molar-refractivity contribution in [3.05, 3.63) is 99.9 Å². The number of rotatable bonds is 3. The predicted molar refractivity (Wildman–Crippen MR) is 111 cm³/mol. The van der Waals surface area contributed by atoms with E-state index >= 15 is 0 Å². The zero-order chi connectivity index (χ0) is 19.1. The third kappa shape index (κ3) is 2.77. The molecule has 5 rings (SSSR count). The van der Waals surface area contributed by atoms with E-state index in [0.29, 0.717) is 28.7 Å². The molecule has 28 heavy (non-hydrogen) atoms. The van der Waals surface area contributed by atoms with Gasteiger partial charge in [0.2, 0.25) is 5.78 Å². The summed E-state index contributed by atoms with van der Waals surface area (Å²) in [5.74, 6) is 0.587. The zero-order valence-corrected chi connectivity index (χ0v) is 15.5. The lowest BCUT2D eigenvalue weighted by Gasteiger charge is -2.07. The summed E-state index contributed by atoms with van der Waals surface area (Å²) in [5.41, 5.74) is 3.95. The molecule has 3 heterocycles. The van der Waals surface area contributed by atoms with Crippen molar-refractivity contribution in [2.24, 2.45) is 0 Å². The molecule has 0 unspecified atom stereocenters. The number of fused-ring (bicyclic) bond motifs is 3. The number of benzene rings is 2. The van der Waals surface area contributed by atoms with Crippen LogP contribution in [-0.2, 0) is 6.54 Å². The second-order valence-corrected chi connectivity index (χ2v) is 6.97. The Labute approximate surface area is 165 Å². The van der Waals surface area contributed by atoms with Crippen LogP contribution < -0.4 is 5.56 Å². The molecule has 6 heteroatoms. The van der Waals surface area contributed by atoms with Gasteiger partial charge in [-0.2, -0.15) is 0 Å². The van der Waals surface area contributed by atoms with Gasteiger partial charge < -0.3 is 4.57 Å². The quantitative estimate of drug-likeness (QED) is 0.461. The van der Waals surface area contributed by atoms with Crippen LogP contribution in [-0.4, -0.2) is 18.9 Å². The van der Waals surface area contributed by atoms with Gasteiger partial charge in [-0.1, -0.05) is 41.9 Å². The van der Waals surface area contributed by atoms with Gasteiger partial charge in [-0.3, -0.25) is 9.78 Å². The van der Waals surface area contributed by atoms with E-state index in [1.807, 2.05) is 71.3 Å². The Hall–Kier alpha value is -3.44. The lowest BCUT2D eigenvalue weighted by Crippen LogP contribution is -2.15. The molecule has 0 saturated heterocycles. The number of para-hydroxylation sites is 2. The van der Waals surface area contributed by atoms with Gasteiger partial charge in [0.1, 0.15) is 0 Å². The number of imidazole rings is 1. The molecule has 0 N–H and O–H groups in total. The molecule has 136 valence electrons. The number of halogens is 1. The maximum atomic E-state index is 13.0. The largest absolute Gasteiger partial charge is 0.305 e. The first-order valence-electron chi connectivity index (χ1n) is 8.87. The Morgan fingerprint density at radius 2 is 1.61 bits per heavy atom. The minimum Gasteiger partial charge on any atom is -0.305 e. The van der Waals surface area contributed by atoms with Crippen molar-refractivity contribution in [1.29, 1.82) is 0 Å². The van der Waals surface area contributed by atoms with Crippen molar-refractivity contribution in [3.63, 3.8) is 0 Å². The highest BCUT2D eigenvalue weighted by Gasteiger charge is 2.15. The van der Waals surface area contributed by atoms with Crippen molar-refractivity contribution in [2.45, 2.75) is 6.54 Å². The average Bonchev–Trinajstić information content (AvgIpc) is 3.04. The number of nitrogens with zero attached hydrogens (tertiary/aromatic N) is 4. The van der Waals surface area contributed by atoms with Crippen LogP contribution in [0.4, 0.5) is 0 Å². The number of hydrogen-bond acceptors (Lipinski definition) is 3. The summed E-state index contributed by atoms with van der Waals surface area (Å²) in [6, 6.07) is 22.6. The molecule has 0 aliphatic carbocycles. The van der Waals surface area contributed by atoms with E-state index in [1.165, 1.54) is 6.07 Å². The number of pyridine rings is 1. The molecule has 0 radical (unpaired) electrons. The van der Waals surface area contributed by atoms with Crippen LogP contribution in [0.5, 0.6) is 0 Å². The molecule has 5 aromatic rings. The molecular formula is C22H15ClN4O. The minimum atomic E-state index is -0.128. The SMILES string of the molecule is O=c1cc(-c2ccccn2)nc2n(Cc3ccc(Cl)cc3)c3ccccc3n12. The van der Waals surface area contributed by atoms with Crippen molar-refractivity contribution in [2.75, 3.05) is 0 Å². The maximum absolute atomic E-state index is 13.0. The molecule has 0 aliphatic rings. The van der Waals surface area contributed by atoms with Gasteiger partial charge in [0.15, 0.2) is 0 Å². The molecule has 0 amide bonds. The van der Waals surface area contributed by atoms with Crippen molar-refractivity contribution < 1.29 is 0 Å². The third-order valence-electron chi connectivity index (χ3n) is 4.74. The third-order valence-corrected chi connectivity index (χ3v) is 4.99. The molecule has 2 aromatic carbocycles. The monoisotopic (exact) mass is 386 g/mol. The second-order valence-electron chi connectivity index (χ2n) is 6.53. The van der Waals surface area contributed by atoms with E-state index in [-0.39, 0.29) is 5.56 Å². The highest BCUT2D eigenvalue weighted by atomic mass is 35.5. The molecule has 0 aliphatic heterocycles. The zero-order valence-electron chi connectivity index (χ0n) is 14.8. The Balaban J connectivity index is 1.79. The fourth-order valence-corrected chi connectivity index (χ4v) is 3.57. The highest BCUT2D eigenvalue weighted by Crippen LogP contribution is 2.22. The summed E-state index contributed by atoms with van der Waals surface area (Å²) < 4.78 is 3.70. The Kier molecular flexibility index (Phi) is 3.95. The van der Waals surface area contributed by atoms with E-state index in [0.717, 1.165) is 16.6 Å². The second kappa shape index (κ2) is 6.62. The molecule has 5 nitrogen and oxygen atoms in total. The molecule has 0 atom stereocenters. The van der Waals surface area contributed by atoms with Gasteiger partial charge in [-0.15, -0.1) is 0 Å². The summed E-state index contributed by atoms with van der Waals surface area (Å²) in [4.78, 5) is 22.1. The highest BCUT2D eigenvalue weighted by molar-refractivity contribution is 6.30. The van der Waals surface area contributed by atoms with E-state index in [1.54, 1.807) is 10.6 Å². The maximum Gasteiger partial charge on any atom is 0.260 e. The van der Waals surface area contributed by atoms with Crippen LogP contribution in [0.15, 0.2) is 83.8 Å². The van der Waals surface area contributed by atoms with Gasteiger partial charge in [-0.25, -0.2) is 9.38 Å². The van der Waals surface area contributed by atoms with Gasteiger partial charge in [0.05, 0.1) is 29.0 Å². The standard InChI is InChI=1S/C22H15ClN4O/c23-16-10-8-15(9-11-16)14-26-19-6-1-2-7-20(19)27-21(28)13-18(25-22(26)27)17-5-3-4-12-24-17/h1-13H,14H2. The van der Waals surface area contributed by atoms with Crippen LogP contribution in [0.25, 0.3) is 28.2 Å². The van der Waals surface area contributed by atoms with Gasteiger partial charge in [0, 0.05) is 17.3 Å². The smallest absolute Gasteiger partial charge is 0.260 e. The van der Waals surface area contributed by atoms with Gasteiger partial charge in [0.25, 0.3) is 5.56 Å². The Morgan fingerprint density at radius 3 is 2.36 bits per heavy atom. The lowest BCUT2D eigenvalue weighted by atomic mass is 10.2. The van der Waals surface area contributed by atoms with Gasteiger partial charge in [-0.05, 0) is 42.0 Å². The summed E-state index contributed by atoms with van der Waals surface area (Å²) in [6.07, 6.45) is 1.70. The topological polar surface area (TPSA) is 52.2 Å². The fraction of sp³-hybridized carbons (Fsp3) is 0.0455. The first-order chi connectivity index (χ1) is 13.7. The molecule has 0 spiro atoms. The molecular weight excluding hydrogens is 372 g/mol. The van der Waals surface area contributed by atoms with Crippen LogP contribution in [0.1, 0.15) is 5.56 Å². The molecule has 0 fully saturated rings. The lowest BCUT2D eigenvalue weighted by molar-refractivity contribution is 0.834. The Bertz CT molecular complexity index is 1350. The van der Waals surface area contributed by atoms with Crippen LogP contribution >= 0.6 is 11.6 Å². The number of hydrogen-bond donors (Lipinski definition) is 0. The predicted octanol–water partition coefficient (Wildman–Crippen LogP) is 4.41. The molecule has 3 aromatic heterocycles. The van der Waals surface area contributed by atoms with E-state index in [2.05, 4.69) is 4.98 Å². The summed E-state index contributed by atoms with van der Waals surface area (Å²) in [7, 11) is 0. The Morgan fingerprint density at radius 1 is 0.857 bits per heavy atom. The van der Waals surface area contributed by atoms with E-state index in [9.17, 15) is 4.79 Å². The van der Waals surface area contributed by atoms with Crippen molar-refractivity contribution >= 4 is 28.4 Å². The van der Waals surface area contributed by atoms with Crippen LogP contribution in [0, 0.1) is 0 Å². The summed E-state index contributed by atoms with van der Waals surface area (Å²) >= 11 is 6.02. The van der Waals surface area contributed by atoms with Gasteiger partial charge >= 0.3 is 0 Å². The van der Waals surface area contributed by atoms with Crippen molar-refractivity contribution in [3.8, 4) is 11.4 Å².